The summed E-state index contributed by atoms with van der Waals surface area (Å²) in [6, 6.07) is 17.4. The summed E-state index contributed by atoms with van der Waals surface area (Å²) < 4.78 is 3.09. The number of halogens is 3. The number of nitrogens with zero attached hydrogens (tertiary/aromatic N) is 2. The van der Waals surface area contributed by atoms with Crippen LogP contribution in [-0.2, 0) is 0 Å². The van der Waals surface area contributed by atoms with E-state index < -0.39 is 0 Å². The van der Waals surface area contributed by atoms with Gasteiger partial charge < -0.3 is 4.57 Å². The van der Waals surface area contributed by atoms with Crippen LogP contribution in [0.1, 0.15) is 5.69 Å². The zero-order chi connectivity index (χ0) is 15.5. The molecule has 0 fully saturated rings. The van der Waals surface area contributed by atoms with Crippen molar-refractivity contribution in [1.82, 2.24) is 4.57 Å². The van der Waals surface area contributed by atoms with Crippen molar-refractivity contribution in [3.63, 3.8) is 0 Å². The molecular formula is C17H11BrCl2N2. The molecule has 0 bridgehead atoms. The van der Waals surface area contributed by atoms with E-state index in [1.807, 2.05) is 42.6 Å². The van der Waals surface area contributed by atoms with E-state index in [0.717, 1.165) is 21.5 Å². The van der Waals surface area contributed by atoms with Gasteiger partial charge >= 0.3 is 0 Å². The Morgan fingerprint density at radius 2 is 1.82 bits per heavy atom. The molecule has 0 saturated heterocycles. The van der Waals surface area contributed by atoms with Gasteiger partial charge in [0.15, 0.2) is 0 Å². The van der Waals surface area contributed by atoms with Crippen LogP contribution in [0, 0.1) is 0 Å². The van der Waals surface area contributed by atoms with Crippen LogP contribution in [0.3, 0.4) is 0 Å². The summed E-state index contributed by atoms with van der Waals surface area (Å²) in [4.78, 5) is 4.46. The molecule has 110 valence electrons. The summed E-state index contributed by atoms with van der Waals surface area (Å²) in [5.41, 5.74) is 2.80. The Morgan fingerprint density at radius 1 is 0.955 bits per heavy atom. The average Bonchev–Trinajstić information content (AvgIpc) is 2.97. The van der Waals surface area contributed by atoms with Gasteiger partial charge in [0, 0.05) is 16.4 Å². The van der Waals surface area contributed by atoms with Gasteiger partial charge in [-0.15, -0.1) is 0 Å². The average molecular weight is 394 g/mol. The molecule has 3 aromatic rings. The Hall–Kier alpha value is -1.55. The molecule has 2 nitrogen and oxygen atoms in total. The Bertz CT molecular complexity index is 840. The SMILES string of the molecule is Clc1ccc(N=Cc2cccn2-c2cccc(Br)c2)cc1Cl. The van der Waals surface area contributed by atoms with E-state index >= 15 is 0 Å². The van der Waals surface area contributed by atoms with Crippen LogP contribution < -0.4 is 0 Å². The van der Waals surface area contributed by atoms with Crippen molar-refractivity contribution in [2.24, 2.45) is 4.99 Å². The lowest BCUT2D eigenvalue weighted by Crippen LogP contribution is -1.97. The fraction of sp³-hybridized carbons (Fsp3) is 0. The number of aliphatic imine (C=N–C) groups is 1. The van der Waals surface area contributed by atoms with Crippen molar-refractivity contribution < 1.29 is 0 Å². The Labute approximate surface area is 147 Å². The molecule has 0 aliphatic rings. The van der Waals surface area contributed by atoms with E-state index in [4.69, 9.17) is 23.2 Å². The van der Waals surface area contributed by atoms with Crippen LogP contribution in [0.5, 0.6) is 0 Å². The van der Waals surface area contributed by atoms with Gasteiger partial charge in [0.05, 0.1) is 27.6 Å². The summed E-state index contributed by atoms with van der Waals surface area (Å²) in [6.45, 7) is 0. The molecule has 5 heteroatoms. The molecule has 22 heavy (non-hydrogen) atoms. The molecule has 0 unspecified atom stereocenters. The molecule has 0 aliphatic carbocycles. The van der Waals surface area contributed by atoms with Crippen molar-refractivity contribution >= 4 is 51.0 Å². The van der Waals surface area contributed by atoms with Gasteiger partial charge in [-0.2, -0.15) is 0 Å². The molecule has 0 amide bonds. The first kappa shape index (κ1) is 15.3. The van der Waals surface area contributed by atoms with E-state index in [2.05, 4.69) is 31.6 Å². The molecule has 1 aromatic heterocycles. The summed E-state index contributed by atoms with van der Waals surface area (Å²) in [5.74, 6) is 0. The van der Waals surface area contributed by atoms with Crippen LogP contribution >= 0.6 is 39.1 Å². The van der Waals surface area contributed by atoms with Gasteiger partial charge in [-0.1, -0.05) is 45.2 Å². The summed E-state index contributed by atoms with van der Waals surface area (Å²) in [7, 11) is 0. The zero-order valence-electron chi connectivity index (χ0n) is 11.4. The van der Waals surface area contributed by atoms with Crippen molar-refractivity contribution in [3.05, 3.63) is 81.0 Å². The lowest BCUT2D eigenvalue weighted by atomic mass is 10.3. The maximum absolute atomic E-state index is 6.00. The Balaban J connectivity index is 1.92. The zero-order valence-corrected chi connectivity index (χ0v) is 14.5. The van der Waals surface area contributed by atoms with E-state index in [9.17, 15) is 0 Å². The molecule has 0 spiro atoms. The third-order valence-corrected chi connectivity index (χ3v) is 4.35. The standard InChI is InChI=1S/C17H11BrCl2N2/c18-12-3-1-4-14(9-12)22-8-2-5-15(22)11-21-13-6-7-16(19)17(20)10-13/h1-11H. The predicted molar refractivity (Wildman–Crippen MR) is 97.2 cm³/mol. The van der Waals surface area contributed by atoms with Gasteiger partial charge in [0.2, 0.25) is 0 Å². The van der Waals surface area contributed by atoms with Gasteiger partial charge in [-0.05, 0) is 48.5 Å². The Kier molecular flexibility index (Phi) is 4.67. The monoisotopic (exact) mass is 392 g/mol. The third-order valence-electron chi connectivity index (χ3n) is 3.12. The first-order valence-corrected chi connectivity index (χ1v) is 8.11. The second kappa shape index (κ2) is 6.69. The fourth-order valence-electron chi connectivity index (χ4n) is 2.07. The van der Waals surface area contributed by atoms with Crippen LogP contribution in [0.15, 0.2) is 70.3 Å². The fourth-order valence-corrected chi connectivity index (χ4v) is 2.75. The summed E-state index contributed by atoms with van der Waals surface area (Å²) >= 11 is 15.4. The maximum atomic E-state index is 6.00. The number of hydrogen-bond donors (Lipinski definition) is 0. The first-order chi connectivity index (χ1) is 10.6. The van der Waals surface area contributed by atoms with Crippen LogP contribution in [0.2, 0.25) is 10.0 Å². The van der Waals surface area contributed by atoms with Crippen molar-refractivity contribution in [1.29, 1.82) is 0 Å². The largest absolute Gasteiger partial charge is 0.316 e. The smallest absolute Gasteiger partial charge is 0.0646 e. The minimum Gasteiger partial charge on any atom is -0.316 e. The minimum atomic E-state index is 0.499. The summed E-state index contributed by atoms with van der Waals surface area (Å²) in [6.07, 6.45) is 3.80. The van der Waals surface area contributed by atoms with Gasteiger partial charge in [-0.25, -0.2) is 0 Å². The number of rotatable bonds is 3. The normalized spacial score (nSPS) is 11.2. The third kappa shape index (κ3) is 3.43. The van der Waals surface area contributed by atoms with E-state index in [0.29, 0.717) is 10.0 Å². The molecule has 3 rings (SSSR count). The second-order valence-corrected chi connectivity index (χ2v) is 6.37. The highest BCUT2D eigenvalue weighted by atomic mass is 79.9. The van der Waals surface area contributed by atoms with Gasteiger partial charge in [0.1, 0.15) is 0 Å². The minimum absolute atomic E-state index is 0.499. The van der Waals surface area contributed by atoms with E-state index in [1.165, 1.54) is 0 Å². The van der Waals surface area contributed by atoms with Crippen molar-refractivity contribution in [2.45, 2.75) is 0 Å². The highest BCUT2D eigenvalue weighted by molar-refractivity contribution is 9.10. The van der Waals surface area contributed by atoms with E-state index in [-0.39, 0.29) is 0 Å². The quantitative estimate of drug-likeness (QED) is 0.464. The second-order valence-electron chi connectivity index (χ2n) is 4.64. The number of hydrogen-bond acceptors (Lipinski definition) is 1. The molecular weight excluding hydrogens is 383 g/mol. The lowest BCUT2D eigenvalue weighted by Gasteiger charge is -2.06. The topological polar surface area (TPSA) is 17.3 Å². The van der Waals surface area contributed by atoms with E-state index in [1.54, 1.807) is 18.3 Å². The summed E-state index contributed by atoms with van der Waals surface area (Å²) in [5, 5.41) is 1.02. The van der Waals surface area contributed by atoms with Crippen LogP contribution in [0.4, 0.5) is 5.69 Å². The van der Waals surface area contributed by atoms with Crippen molar-refractivity contribution in [3.8, 4) is 5.69 Å². The first-order valence-electron chi connectivity index (χ1n) is 6.56. The maximum Gasteiger partial charge on any atom is 0.0646 e. The van der Waals surface area contributed by atoms with Crippen LogP contribution in [0.25, 0.3) is 5.69 Å². The lowest BCUT2D eigenvalue weighted by molar-refractivity contribution is 1.07. The molecule has 0 aliphatic heterocycles. The highest BCUT2D eigenvalue weighted by Gasteiger charge is 2.02. The molecule has 2 aromatic carbocycles. The van der Waals surface area contributed by atoms with Gasteiger partial charge in [-0.3, -0.25) is 4.99 Å². The van der Waals surface area contributed by atoms with Crippen molar-refractivity contribution in [2.75, 3.05) is 0 Å². The predicted octanol–water partition coefficient (Wildman–Crippen LogP) is 6.30. The molecule has 0 atom stereocenters. The highest BCUT2D eigenvalue weighted by Crippen LogP contribution is 2.26. The van der Waals surface area contributed by atoms with Crippen LogP contribution in [-0.4, -0.2) is 10.8 Å². The molecule has 0 saturated carbocycles. The molecule has 0 N–H and O–H groups in total. The molecule has 1 heterocycles. The number of benzene rings is 2. The molecule has 0 radical (unpaired) electrons. The van der Waals surface area contributed by atoms with Gasteiger partial charge in [0.25, 0.3) is 0 Å². The Morgan fingerprint density at radius 3 is 2.59 bits per heavy atom. The number of aromatic nitrogens is 1.